The highest BCUT2D eigenvalue weighted by Crippen LogP contribution is 2.30. The van der Waals surface area contributed by atoms with Gasteiger partial charge >= 0.3 is 0 Å². The van der Waals surface area contributed by atoms with Gasteiger partial charge in [-0.05, 0) is 49.9 Å². The smallest absolute Gasteiger partial charge is 0.289 e. The molecule has 3 heterocycles. The van der Waals surface area contributed by atoms with E-state index >= 15 is 0 Å². The molecule has 2 aromatic rings. The van der Waals surface area contributed by atoms with Gasteiger partial charge in [-0.2, -0.15) is 0 Å². The fourth-order valence-electron chi connectivity index (χ4n) is 3.94. The van der Waals surface area contributed by atoms with Crippen LogP contribution in [0.15, 0.2) is 40.8 Å². The van der Waals surface area contributed by atoms with Gasteiger partial charge in [-0.1, -0.05) is 23.7 Å². The third-order valence-corrected chi connectivity index (χ3v) is 5.83. The van der Waals surface area contributed by atoms with Crippen molar-refractivity contribution < 1.29 is 14.0 Å². The second-order valence-corrected chi connectivity index (χ2v) is 7.65. The summed E-state index contributed by atoms with van der Waals surface area (Å²) in [5, 5.41) is 0.590. The number of hydrogen-bond acceptors (Lipinski definition) is 3. The summed E-state index contributed by atoms with van der Waals surface area (Å²) in [5.74, 6) is 1.08. The average molecular weight is 387 g/mol. The first-order valence-corrected chi connectivity index (χ1v) is 9.94. The lowest BCUT2D eigenvalue weighted by atomic mass is 9.95. The molecule has 6 heteroatoms. The van der Waals surface area contributed by atoms with E-state index in [-0.39, 0.29) is 17.7 Å². The van der Waals surface area contributed by atoms with Crippen molar-refractivity contribution in [3.8, 4) is 11.3 Å². The van der Waals surface area contributed by atoms with Crippen LogP contribution in [-0.2, 0) is 4.79 Å². The molecule has 27 heavy (non-hydrogen) atoms. The van der Waals surface area contributed by atoms with Gasteiger partial charge in [0.2, 0.25) is 5.91 Å². The largest absolute Gasteiger partial charge is 0.451 e. The highest BCUT2D eigenvalue weighted by atomic mass is 35.5. The van der Waals surface area contributed by atoms with Crippen LogP contribution in [0.4, 0.5) is 0 Å². The molecular formula is C21H23ClN2O3. The Labute approximate surface area is 163 Å². The van der Waals surface area contributed by atoms with E-state index in [2.05, 4.69) is 0 Å². The molecule has 0 atom stereocenters. The second kappa shape index (κ2) is 7.77. The molecule has 1 aromatic carbocycles. The number of halogens is 1. The van der Waals surface area contributed by atoms with Crippen molar-refractivity contribution in [2.45, 2.75) is 25.7 Å². The molecule has 2 amide bonds. The first kappa shape index (κ1) is 18.1. The molecule has 0 saturated carbocycles. The summed E-state index contributed by atoms with van der Waals surface area (Å²) in [4.78, 5) is 29.1. The topological polar surface area (TPSA) is 53.8 Å². The van der Waals surface area contributed by atoms with Gasteiger partial charge in [0.15, 0.2) is 5.76 Å². The van der Waals surface area contributed by atoms with Crippen molar-refractivity contribution in [2.24, 2.45) is 5.92 Å². The maximum atomic E-state index is 12.8. The van der Waals surface area contributed by atoms with Crippen molar-refractivity contribution in [3.63, 3.8) is 0 Å². The van der Waals surface area contributed by atoms with Gasteiger partial charge in [-0.25, -0.2) is 0 Å². The molecule has 2 fully saturated rings. The Bertz CT molecular complexity index is 833. The van der Waals surface area contributed by atoms with Gasteiger partial charge in [0.05, 0.1) is 5.02 Å². The Morgan fingerprint density at radius 3 is 2.33 bits per heavy atom. The summed E-state index contributed by atoms with van der Waals surface area (Å²) in [6.07, 6.45) is 3.66. The summed E-state index contributed by atoms with van der Waals surface area (Å²) in [6.45, 7) is 2.95. The fourth-order valence-corrected chi connectivity index (χ4v) is 4.17. The van der Waals surface area contributed by atoms with Gasteiger partial charge in [-0.3, -0.25) is 9.59 Å². The van der Waals surface area contributed by atoms with Gasteiger partial charge in [-0.15, -0.1) is 0 Å². The van der Waals surface area contributed by atoms with E-state index in [1.807, 2.05) is 23.1 Å². The molecule has 0 aliphatic carbocycles. The minimum absolute atomic E-state index is 0.0439. The maximum Gasteiger partial charge on any atom is 0.289 e. The minimum atomic E-state index is -0.125. The molecule has 1 aromatic heterocycles. The maximum absolute atomic E-state index is 12.8. The Balaban J connectivity index is 1.38. The quantitative estimate of drug-likeness (QED) is 0.798. The Morgan fingerprint density at radius 2 is 1.63 bits per heavy atom. The third-order valence-electron chi connectivity index (χ3n) is 5.51. The molecule has 0 bridgehead atoms. The molecule has 0 N–H and O–H groups in total. The molecular weight excluding hydrogens is 364 g/mol. The van der Waals surface area contributed by atoms with E-state index in [1.165, 1.54) is 0 Å². The van der Waals surface area contributed by atoms with Crippen molar-refractivity contribution in [1.29, 1.82) is 0 Å². The zero-order chi connectivity index (χ0) is 18.8. The zero-order valence-corrected chi connectivity index (χ0v) is 16.0. The van der Waals surface area contributed by atoms with Gasteiger partial charge < -0.3 is 14.2 Å². The van der Waals surface area contributed by atoms with E-state index in [0.717, 1.165) is 44.3 Å². The molecule has 2 aliphatic rings. The molecule has 0 radical (unpaired) electrons. The van der Waals surface area contributed by atoms with Crippen LogP contribution in [0.3, 0.4) is 0 Å². The third kappa shape index (κ3) is 3.74. The Kier molecular flexibility index (Phi) is 5.21. The number of nitrogens with zero attached hydrogens (tertiary/aromatic N) is 2. The fraction of sp³-hybridized carbons (Fsp3) is 0.429. The van der Waals surface area contributed by atoms with Crippen LogP contribution in [0.2, 0.25) is 5.02 Å². The number of benzene rings is 1. The van der Waals surface area contributed by atoms with Crippen LogP contribution < -0.4 is 0 Å². The highest BCUT2D eigenvalue weighted by molar-refractivity contribution is 6.33. The summed E-state index contributed by atoms with van der Waals surface area (Å²) in [6, 6.07) is 10.9. The predicted octanol–water partition coefficient (Wildman–Crippen LogP) is 4.07. The van der Waals surface area contributed by atoms with Gasteiger partial charge in [0, 0.05) is 37.7 Å². The monoisotopic (exact) mass is 386 g/mol. The molecule has 2 saturated heterocycles. The summed E-state index contributed by atoms with van der Waals surface area (Å²) in [5.41, 5.74) is 0.771. The molecule has 2 aliphatic heterocycles. The zero-order valence-electron chi connectivity index (χ0n) is 15.2. The Hall–Kier alpha value is -2.27. The van der Waals surface area contributed by atoms with Crippen LogP contribution in [0.5, 0.6) is 0 Å². The predicted molar refractivity (Wildman–Crippen MR) is 104 cm³/mol. The number of piperidine rings is 1. The molecule has 4 rings (SSSR count). The first-order chi connectivity index (χ1) is 13.1. The second-order valence-electron chi connectivity index (χ2n) is 7.24. The van der Waals surface area contributed by atoms with Crippen LogP contribution in [-0.4, -0.2) is 47.8 Å². The van der Waals surface area contributed by atoms with Crippen molar-refractivity contribution in [2.75, 3.05) is 26.2 Å². The van der Waals surface area contributed by atoms with Crippen LogP contribution >= 0.6 is 11.6 Å². The van der Waals surface area contributed by atoms with E-state index in [1.54, 1.807) is 23.1 Å². The Morgan fingerprint density at radius 1 is 0.926 bits per heavy atom. The molecule has 0 unspecified atom stereocenters. The number of likely N-dealkylation sites (tertiary alicyclic amines) is 2. The van der Waals surface area contributed by atoms with E-state index < -0.39 is 0 Å². The van der Waals surface area contributed by atoms with Crippen LogP contribution in [0.1, 0.15) is 36.2 Å². The average Bonchev–Trinajstić information content (AvgIpc) is 3.39. The number of hydrogen-bond donors (Lipinski definition) is 0. The molecule has 0 spiro atoms. The number of carbonyl (C=O) groups is 2. The van der Waals surface area contributed by atoms with Crippen molar-refractivity contribution in [3.05, 3.63) is 47.2 Å². The van der Waals surface area contributed by atoms with E-state index in [0.29, 0.717) is 29.6 Å². The number of rotatable bonds is 3. The number of carbonyl (C=O) groups excluding carboxylic acids is 2. The highest BCUT2D eigenvalue weighted by Gasteiger charge is 2.32. The first-order valence-electron chi connectivity index (χ1n) is 9.56. The number of amides is 2. The van der Waals surface area contributed by atoms with Crippen LogP contribution in [0.25, 0.3) is 11.3 Å². The summed E-state index contributed by atoms with van der Waals surface area (Å²) < 4.78 is 5.77. The SMILES string of the molecule is O=C(c1ccc(-c2ccccc2Cl)o1)N1CCC(C(=O)N2CCCC2)CC1. The lowest BCUT2D eigenvalue weighted by Crippen LogP contribution is -2.43. The standard InChI is InChI=1S/C21H23ClN2O3/c22-17-6-2-1-5-16(17)18-7-8-19(27-18)21(26)24-13-9-15(10-14-24)20(25)23-11-3-4-12-23/h1-2,5-8,15H,3-4,9-14H2. The van der Waals surface area contributed by atoms with Gasteiger partial charge in [0.25, 0.3) is 5.91 Å². The van der Waals surface area contributed by atoms with E-state index in [4.69, 9.17) is 16.0 Å². The number of furan rings is 1. The van der Waals surface area contributed by atoms with Crippen molar-refractivity contribution >= 4 is 23.4 Å². The minimum Gasteiger partial charge on any atom is -0.451 e. The summed E-state index contributed by atoms with van der Waals surface area (Å²) in [7, 11) is 0. The van der Waals surface area contributed by atoms with Gasteiger partial charge in [0.1, 0.15) is 5.76 Å². The lowest BCUT2D eigenvalue weighted by molar-refractivity contribution is -0.135. The normalized spacial score (nSPS) is 18.1. The molecule has 5 nitrogen and oxygen atoms in total. The summed E-state index contributed by atoms with van der Waals surface area (Å²) >= 11 is 6.20. The molecule has 142 valence electrons. The van der Waals surface area contributed by atoms with E-state index in [9.17, 15) is 9.59 Å². The van der Waals surface area contributed by atoms with Crippen molar-refractivity contribution in [1.82, 2.24) is 9.80 Å². The van der Waals surface area contributed by atoms with Crippen LogP contribution in [0, 0.1) is 5.92 Å². The lowest BCUT2D eigenvalue weighted by Gasteiger charge is -2.32.